The Morgan fingerprint density at radius 3 is 1.29 bits per heavy atom. The van der Waals surface area contributed by atoms with Crippen LogP contribution in [0.2, 0.25) is 0 Å². The minimum absolute atomic E-state index is 0.243. The molecule has 4 atom stereocenters. The highest BCUT2D eigenvalue weighted by atomic mass is 79.9. The van der Waals surface area contributed by atoms with Crippen molar-refractivity contribution >= 4 is 48.4 Å². The molecule has 0 aliphatic heterocycles. The lowest BCUT2D eigenvalue weighted by Crippen LogP contribution is -2.32. The zero-order valence-corrected chi connectivity index (χ0v) is 43.6. The summed E-state index contributed by atoms with van der Waals surface area (Å²) < 4.78 is 47.3. The fourth-order valence-electron chi connectivity index (χ4n) is 14.6. The Morgan fingerprint density at radius 1 is 0.508 bits per heavy atom. The summed E-state index contributed by atoms with van der Waals surface area (Å²) >= 11 is 3.94. The van der Waals surface area contributed by atoms with Crippen molar-refractivity contribution in [1.29, 1.82) is 0 Å². The summed E-state index contributed by atoms with van der Waals surface area (Å²) in [5.41, 5.74) is 6.30. The van der Waals surface area contributed by atoms with Crippen LogP contribution in [0.4, 0.5) is 0 Å². The maximum atomic E-state index is 15.5. The van der Waals surface area contributed by atoms with Crippen molar-refractivity contribution in [1.82, 2.24) is 0 Å². The number of halogens is 1. The zero-order valence-electron chi connectivity index (χ0n) is 40.3. The second-order valence-corrected chi connectivity index (χ2v) is 28.7. The first-order chi connectivity index (χ1) is 31.6. The third-order valence-corrected chi connectivity index (χ3v) is 28.1. The summed E-state index contributed by atoms with van der Waals surface area (Å²) in [7, 11) is -1.47. The van der Waals surface area contributed by atoms with Gasteiger partial charge in [-0.2, -0.15) is 0 Å². The van der Waals surface area contributed by atoms with Crippen LogP contribution in [0.15, 0.2) is 51.5 Å². The van der Waals surface area contributed by atoms with Crippen molar-refractivity contribution in [2.75, 3.05) is 21.3 Å². The first-order valence-electron chi connectivity index (χ1n) is 26.1. The standard InChI is InChI=1S/C27H39O2P.C19H30BrOP.C8H11BO4/c1-19-10-9-15-24(29-2)25(19)26-20-16-17-21(18-20)27(26)30(28,22-11-5-3-6-12-22)23-13-7-4-8-14-23;20-18-14-11-12-15(13-14)19(18)22(21,16-7-3-1-4-8-16)17-9-5-2-6-10-17;1-12-6-4-3-5-7(13-2)8(6)9(10)11/h9-10,15,20-23H,3-8,11-14,16-18H2,1-2H3;14-17H,1-13H2;3-5,10-11H,1-2H3. The third kappa shape index (κ3) is 10.0. The second-order valence-electron chi connectivity index (χ2n) is 21.1. The molecule has 65 heavy (non-hydrogen) atoms. The van der Waals surface area contributed by atoms with Gasteiger partial charge in [0.1, 0.15) is 31.5 Å². The molecule has 6 saturated carbocycles. The van der Waals surface area contributed by atoms with E-state index in [2.05, 4.69) is 41.1 Å². The number of rotatable bonds is 11. The molecule has 4 bridgehead atoms. The van der Waals surface area contributed by atoms with E-state index in [1.54, 1.807) is 25.3 Å². The first kappa shape index (κ1) is 49.7. The monoisotopic (exact) mass is 992 g/mol. The Hall–Kier alpha value is -1.76. The number of hydrogen-bond donors (Lipinski definition) is 2. The summed E-state index contributed by atoms with van der Waals surface area (Å²) in [5, 5.41) is 21.1. The van der Waals surface area contributed by atoms with E-state index in [1.807, 2.05) is 0 Å². The number of hydrogen-bond acceptors (Lipinski definition) is 7. The van der Waals surface area contributed by atoms with Crippen LogP contribution in [-0.4, -0.2) is 61.1 Å². The van der Waals surface area contributed by atoms with Gasteiger partial charge in [-0.1, -0.05) is 111 Å². The summed E-state index contributed by atoms with van der Waals surface area (Å²) in [6.45, 7) is 2.22. The Kier molecular flexibility index (Phi) is 17.1. The lowest BCUT2D eigenvalue weighted by atomic mass is 9.78. The highest BCUT2D eigenvalue weighted by molar-refractivity contribution is 9.11. The molecular formula is C54H80BBrO7P2. The Labute approximate surface area is 401 Å². The number of ether oxygens (including phenoxy) is 3. The maximum absolute atomic E-state index is 15.5. The van der Waals surface area contributed by atoms with E-state index >= 15 is 4.57 Å². The van der Waals surface area contributed by atoms with Gasteiger partial charge in [-0.25, -0.2) is 0 Å². The van der Waals surface area contributed by atoms with Crippen LogP contribution in [0.5, 0.6) is 17.2 Å². The summed E-state index contributed by atoms with van der Waals surface area (Å²) in [4.78, 5) is 0. The van der Waals surface area contributed by atoms with Crippen molar-refractivity contribution < 1.29 is 33.4 Å². The van der Waals surface area contributed by atoms with Crippen molar-refractivity contribution in [2.45, 2.75) is 197 Å². The lowest BCUT2D eigenvalue weighted by Gasteiger charge is -2.42. The third-order valence-electron chi connectivity index (χ3n) is 17.6. The molecule has 2 N–H and O–H groups in total. The molecular weight excluding hydrogens is 913 g/mol. The van der Waals surface area contributed by atoms with Crippen molar-refractivity contribution in [3.8, 4) is 17.2 Å². The van der Waals surface area contributed by atoms with E-state index < -0.39 is 21.4 Å². The molecule has 2 aromatic carbocycles. The molecule has 2 aromatic rings. The Balaban J connectivity index is 0.000000144. The number of aryl methyl sites for hydroxylation is 1. The van der Waals surface area contributed by atoms with E-state index in [1.165, 1.54) is 213 Å². The smallest absolute Gasteiger partial charge is 0.496 e. The SMILES string of the molecule is COc1cccc(C)c1C1=C(P(=O)(C2CCCCC2)C2CCCCC2)C2CCC1C2.COc1cccc(OC)c1B(O)O.O=P(C1=C(Br)C2CCC1C2)(C1CCCCC1)C1CCCCC1. The van der Waals surface area contributed by atoms with Gasteiger partial charge in [0.15, 0.2) is 0 Å². The zero-order chi connectivity index (χ0) is 45.7. The van der Waals surface area contributed by atoms with Gasteiger partial charge in [0.2, 0.25) is 0 Å². The molecule has 0 aromatic heterocycles. The van der Waals surface area contributed by atoms with Crippen LogP contribution in [-0.2, 0) is 9.13 Å². The minimum Gasteiger partial charge on any atom is -0.497 e. The van der Waals surface area contributed by atoms with Crippen molar-refractivity contribution in [3.05, 3.63) is 62.6 Å². The molecule has 0 amide bonds. The normalized spacial score (nSPS) is 26.7. The highest BCUT2D eigenvalue weighted by Gasteiger charge is 2.54. The lowest BCUT2D eigenvalue weighted by molar-refractivity contribution is 0.385. The molecule has 6 fully saturated rings. The molecule has 8 aliphatic carbocycles. The van der Waals surface area contributed by atoms with E-state index in [0.717, 1.165) is 11.7 Å². The minimum atomic E-state index is -2.41. The molecule has 4 unspecified atom stereocenters. The molecule has 0 saturated heterocycles. The van der Waals surface area contributed by atoms with Gasteiger partial charge in [-0.3, -0.25) is 0 Å². The fourth-order valence-corrected chi connectivity index (χ4v) is 26.2. The molecule has 10 rings (SSSR count). The van der Waals surface area contributed by atoms with Gasteiger partial charge in [0.25, 0.3) is 0 Å². The molecule has 11 heteroatoms. The van der Waals surface area contributed by atoms with Crippen LogP contribution in [0.3, 0.4) is 0 Å². The number of allylic oxidation sites excluding steroid dienone is 4. The van der Waals surface area contributed by atoms with Gasteiger partial charge in [0.05, 0.1) is 26.8 Å². The Morgan fingerprint density at radius 2 is 0.877 bits per heavy atom. The Bertz CT molecular complexity index is 2030. The van der Waals surface area contributed by atoms with Gasteiger partial charge in [-0.15, -0.1) is 0 Å². The van der Waals surface area contributed by atoms with E-state index in [0.29, 0.717) is 51.9 Å². The van der Waals surface area contributed by atoms with Crippen LogP contribution in [0.25, 0.3) is 5.57 Å². The molecule has 7 nitrogen and oxygen atoms in total. The second kappa shape index (κ2) is 22.3. The van der Waals surface area contributed by atoms with Crippen LogP contribution in [0.1, 0.15) is 178 Å². The quantitative estimate of drug-likeness (QED) is 0.171. The van der Waals surface area contributed by atoms with Gasteiger partial charge in [-0.05, 0) is 155 Å². The molecule has 8 aliphatic rings. The maximum Gasteiger partial charge on any atom is 0.496 e. The van der Waals surface area contributed by atoms with Crippen molar-refractivity contribution in [2.24, 2.45) is 23.7 Å². The average Bonchev–Trinajstić information content (AvgIpc) is 4.18. The average molecular weight is 994 g/mol. The highest BCUT2D eigenvalue weighted by Crippen LogP contribution is 2.77. The number of fused-ring (bicyclic) bond motifs is 4. The number of benzene rings is 2. The summed E-state index contributed by atoms with van der Waals surface area (Å²) in [5.74, 6) is 4.36. The molecule has 358 valence electrons. The van der Waals surface area contributed by atoms with Crippen LogP contribution >= 0.6 is 30.2 Å². The van der Waals surface area contributed by atoms with E-state index in [9.17, 15) is 4.57 Å². The topological polar surface area (TPSA) is 102 Å². The van der Waals surface area contributed by atoms with Crippen LogP contribution in [0, 0.1) is 30.6 Å². The number of methoxy groups -OCH3 is 3. The molecule has 0 spiro atoms. The predicted octanol–water partition coefficient (Wildman–Crippen LogP) is 14.6. The predicted molar refractivity (Wildman–Crippen MR) is 274 cm³/mol. The van der Waals surface area contributed by atoms with Crippen molar-refractivity contribution in [3.63, 3.8) is 0 Å². The van der Waals surface area contributed by atoms with Gasteiger partial charge >= 0.3 is 7.12 Å². The van der Waals surface area contributed by atoms with Crippen LogP contribution < -0.4 is 19.7 Å². The first-order valence-corrected chi connectivity index (χ1v) is 30.6. The summed E-state index contributed by atoms with van der Waals surface area (Å²) in [6.07, 6.45) is 33.4. The molecule has 0 radical (unpaired) electrons. The summed E-state index contributed by atoms with van der Waals surface area (Å²) in [6, 6.07) is 11.4. The largest absolute Gasteiger partial charge is 0.497 e. The molecule has 0 heterocycles. The van der Waals surface area contributed by atoms with Gasteiger partial charge < -0.3 is 33.4 Å². The van der Waals surface area contributed by atoms with E-state index in [4.69, 9.17) is 24.3 Å². The fraction of sp³-hybridized carbons (Fsp3) is 0.704. The van der Waals surface area contributed by atoms with E-state index in [-0.39, 0.29) is 5.46 Å². The van der Waals surface area contributed by atoms with Gasteiger partial charge in [0, 0.05) is 38.0 Å².